The summed E-state index contributed by atoms with van der Waals surface area (Å²) in [7, 11) is 3.88. The molecule has 0 spiro atoms. The van der Waals surface area contributed by atoms with Gasteiger partial charge in [-0.25, -0.2) is 0 Å². The first-order valence-electron chi connectivity index (χ1n) is 8.03. The van der Waals surface area contributed by atoms with Gasteiger partial charge in [0.2, 0.25) is 0 Å². The quantitative estimate of drug-likeness (QED) is 0.194. The highest BCUT2D eigenvalue weighted by Gasteiger charge is 1.93. The van der Waals surface area contributed by atoms with Crippen LogP contribution in [0.5, 0.6) is 0 Å². The number of rotatable bonds is 13. The third-order valence-electron chi connectivity index (χ3n) is 3.48. The molecule has 0 aromatic heterocycles. The van der Waals surface area contributed by atoms with Gasteiger partial charge in [0.05, 0.1) is 9.24 Å². The first-order chi connectivity index (χ1) is 8.91. The average molecular weight is 266 g/mol. The molecule has 0 aromatic carbocycles. The predicted molar refractivity (Wildman–Crippen MR) is 85.0 cm³/mol. The molecular formula is C17H31P. The summed E-state index contributed by atoms with van der Waals surface area (Å²) >= 11 is 0. The number of hydrogen-bond acceptors (Lipinski definition) is 0. The van der Waals surface area contributed by atoms with Gasteiger partial charge in [-0.05, 0) is 6.42 Å². The van der Waals surface area contributed by atoms with E-state index in [0.717, 1.165) is 6.42 Å². The van der Waals surface area contributed by atoms with Crippen LogP contribution in [0.3, 0.4) is 0 Å². The molecule has 0 saturated heterocycles. The fourth-order valence-electron chi connectivity index (χ4n) is 2.29. The minimum absolute atomic E-state index is 1.03. The molecule has 0 aliphatic rings. The maximum atomic E-state index is 3.88. The Labute approximate surface area is 118 Å². The lowest BCUT2D eigenvalue weighted by atomic mass is 10.0. The summed E-state index contributed by atoms with van der Waals surface area (Å²) in [5.74, 6) is 3.00. The minimum atomic E-state index is 1.03. The molecule has 0 aliphatic heterocycles. The monoisotopic (exact) mass is 266 g/mol. The lowest BCUT2D eigenvalue weighted by molar-refractivity contribution is 0.540. The second-order valence-corrected chi connectivity index (χ2v) is 5.50. The molecule has 0 aromatic rings. The summed E-state index contributed by atoms with van der Waals surface area (Å²) in [5.41, 5.74) is 2.66. The zero-order valence-electron chi connectivity index (χ0n) is 12.3. The zero-order chi connectivity index (χ0) is 13.3. The van der Waals surface area contributed by atoms with Crippen LogP contribution in [-0.2, 0) is 0 Å². The SMILES string of the molecule is CCCCCCCCCCCCCCCC#C[P]. The first-order valence-corrected chi connectivity index (χ1v) is 8.48. The normalized spacial score (nSPS) is 10.1. The molecular weight excluding hydrogens is 235 g/mol. The van der Waals surface area contributed by atoms with Crippen molar-refractivity contribution in [2.75, 3.05) is 0 Å². The highest BCUT2D eigenvalue weighted by molar-refractivity contribution is 7.23. The Balaban J connectivity index is 2.92. The van der Waals surface area contributed by atoms with E-state index in [9.17, 15) is 0 Å². The van der Waals surface area contributed by atoms with E-state index in [1.165, 1.54) is 83.5 Å². The predicted octanol–water partition coefficient (Wildman–Crippen LogP) is 6.84. The standard InChI is InChI=1S/C17H31P/c1-2-3-4-5-6-7-8-9-10-11-12-13-14-15-16-17-18/h2-15H2,1H3. The molecule has 0 unspecified atom stereocenters. The molecule has 0 bridgehead atoms. The third-order valence-corrected chi connectivity index (χ3v) is 3.64. The Morgan fingerprint density at radius 3 is 1.39 bits per heavy atom. The Hall–Kier alpha value is -0.0100. The van der Waals surface area contributed by atoms with Gasteiger partial charge < -0.3 is 0 Å². The van der Waals surface area contributed by atoms with Gasteiger partial charge in [0.1, 0.15) is 0 Å². The van der Waals surface area contributed by atoms with Crippen LogP contribution >= 0.6 is 9.24 Å². The molecule has 0 heterocycles. The van der Waals surface area contributed by atoms with Gasteiger partial charge in [-0.15, -0.1) is 0 Å². The van der Waals surface area contributed by atoms with Gasteiger partial charge >= 0.3 is 0 Å². The molecule has 1 heteroatoms. The summed E-state index contributed by atoms with van der Waals surface area (Å²) in [6.45, 7) is 2.28. The molecule has 0 nitrogen and oxygen atoms in total. The molecule has 0 atom stereocenters. The highest BCUT2D eigenvalue weighted by Crippen LogP contribution is 2.12. The van der Waals surface area contributed by atoms with Crippen molar-refractivity contribution in [2.45, 2.75) is 96.8 Å². The van der Waals surface area contributed by atoms with Crippen molar-refractivity contribution in [2.24, 2.45) is 0 Å². The second-order valence-electron chi connectivity index (χ2n) is 5.28. The van der Waals surface area contributed by atoms with E-state index in [2.05, 4.69) is 27.7 Å². The summed E-state index contributed by atoms with van der Waals surface area (Å²) in [4.78, 5) is 0. The number of hydrogen-bond donors (Lipinski definition) is 0. The van der Waals surface area contributed by atoms with Crippen molar-refractivity contribution in [3.8, 4) is 11.6 Å². The summed E-state index contributed by atoms with van der Waals surface area (Å²) < 4.78 is 0. The van der Waals surface area contributed by atoms with Gasteiger partial charge in [0.25, 0.3) is 0 Å². The van der Waals surface area contributed by atoms with Gasteiger partial charge in [-0.1, -0.05) is 95.6 Å². The van der Waals surface area contributed by atoms with Crippen LogP contribution in [0.2, 0.25) is 0 Å². The smallest absolute Gasteiger partial charge is 0.0586 e. The minimum Gasteiger partial charge on any atom is -0.0979 e. The van der Waals surface area contributed by atoms with E-state index in [1.807, 2.05) is 0 Å². The third kappa shape index (κ3) is 16.0. The molecule has 0 amide bonds. The summed E-state index contributed by atoms with van der Waals surface area (Å²) in [5, 5.41) is 0. The Morgan fingerprint density at radius 1 is 0.611 bits per heavy atom. The largest absolute Gasteiger partial charge is 0.0979 e. The van der Waals surface area contributed by atoms with Crippen molar-refractivity contribution < 1.29 is 0 Å². The lowest BCUT2D eigenvalue weighted by Gasteiger charge is -2.02. The topological polar surface area (TPSA) is 0 Å². The van der Waals surface area contributed by atoms with Gasteiger partial charge in [-0.3, -0.25) is 0 Å². The van der Waals surface area contributed by atoms with Crippen LogP contribution in [-0.4, -0.2) is 0 Å². The molecule has 18 heavy (non-hydrogen) atoms. The first kappa shape index (κ1) is 18.0. The van der Waals surface area contributed by atoms with E-state index >= 15 is 0 Å². The van der Waals surface area contributed by atoms with E-state index in [-0.39, 0.29) is 0 Å². The Kier molecular flexibility index (Phi) is 17.0. The van der Waals surface area contributed by atoms with Crippen LogP contribution in [0, 0.1) is 11.6 Å². The molecule has 0 N–H and O–H groups in total. The maximum absolute atomic E-state index is 3.88. The summed E-state index contributed by atoms with van der Waals surface area (Å²) in [6, 6.07) is 0. The van der Waals surface area contributed by atoms with Crippen molar-refractivity contribution in [3.63, 3.8) is 0 Å². The van der Waals surface area contributed by atoms with Crippen molar-refractivity contribution in [3.05, 3.63) is 0 Å². The second kappa shape index (κ2) is 17.0. The van der Waals surface area contributed by atoms with Crippen LogP contribution in [0.25, 0.3) is 0 Å². The summed E-state index contributed by atoms with van der Waals surface area (Å²) in [6.07, 6.45) is 19.4. The Bertz CT molecular complexity index is 199. The van der Waals surface area contributed by atoms with Crippen molar-refractivity contribution >= 4 is 9.24 Å². The van der Waals surface area contributed by atoms with E-state index in [4.69, 9.17) is 0 Å². The molecule has 0 aliphatic carbocycles. The Morgan fingerprint density at radius 2 is 1.00 bits per heavy atom. The van der Waals surface area contributed by atoms with E-state index in [0.29, 0.717) is 0 Å². The van der Waals surface area contributed by atoms with Crippen LogP contribution in [0.1, 0.15) is 96.8 Å². The number of unbranched alkanes of at least 4 members (excludes halogenated alkanes) is 13. The maximum Gasteiger partial charge on any atom is 0.0586 e. The van der Waals surface area contributed by atoms with Crippen molar-refractivity contribution in [1.82, 2.24) is 0 Å². The fraction of sp³-hybridized carbons (Fsp3) is 0.882. The molecule has 0 rings (SSSR count). The van der Waals surface area contributed by atoms with Crippen molar-refractivity contribution in [1.29, 1.82) is 0 Å². The zero-order valence-corrected chi connectivity index (χ0v) is 13.2. The highest BCUT2D eigenvalue weighted by atomic mass is 31.0. The average Bonchev–Trinajstić information content (AvgIpc) is 2.39. The molecule has 0 saturated carbocycles. The van der Waals surface area contributed by atoms with Crippen LogP contribution in [0.4, 0.5) is 0 Å². The fourth-order valence-corrected chi connectivity index (χ4v) is 2.40. The van der Waals surface area contributed by atoms with Crippen LogP contribution in [0.15, 0.2) is 0 Å². The van der Waals surface area contributed by atoms with Gasteiger partial charge in [0.15, 0.2) is 0 Å². The van der Waals surface area contributed by atoms with E-state index < -0.39 is 0 Å². The van der Waals surface area contributed by atoms with Gasteiger partial charge in [0, 0.05) is 6.42 Å². The van der Waals surface area contributed by atoms with E-state index in [1.54, 1.807) is 0 Å². The molecule has 0 fully saturated rings. The lowest BCUT2D eigenvalue weighted by Crippen LogP contribution is -1.82. The van der Waals surface area contributed by atoms with Crippen LogP contribution < -0.4 is 0 Å². The molecule has 104 valence electrons. The van der Waals surface area contributed by atoms with Gasteiger partial charge in [-0.2, -0.15) is 0 Å². The molecule has 2 radical (unpaired) electrons.